The van der Waals surface area contributed by atoms with E-state index in [2.05, 4.69) is 20.2 Å². The van der Waals surface area contributed by atoms with E-state index in [9.17, 15) is 4.79 Å². The summed E-state index contributed by atoms with van der Waals surface area (Å²) in [5, 5.41) is 3.82. The van der Waals surface area contributed by atoms with Crippen LogP contribution in [0.15, 0.2) is 0 Å². The molecule has 2 fully saturated rings. The van der Waals surface area contributed by atoms with Gasteiger partial charge in [0.2, 0.25) is 0 Å². The monoisotopic (exact) mass is 562 g/mol. The van der Waals surface area contributed by atoms with Crippen LogP contribution >= 0.6 is 11.6 Å². The third-order valence-electron chi connectivity index (χ3n) is 7.97. The molecule has 1 N–H and O–H groups in total. The lowest BCUT2D eigenvalue weighted by Crippen LogP contribution is -2.44. The molecule has 0 spiro atoms. The number of hydrogen-bond acceptors (Lipinski definition) is 8. The van der Waals surface area contributed by atoms with Crippen LogP contribution in [-0.4, -0.2) is 80.8 Å². The first-order chi connectivity index (χ1) is 18.6. The van der Waals surface area contributed by atoms with Crippen LogP contribution in [0.2, 0.25) is 5.15 Å². The van der Waals surface area contributed by atoms with Gasteiger partial charge in [-0.15, -0.1) is 0 Å². The molecule has 5 rings (SSSR count). The summed E-state index contributed by atoms with van der Waals surface area (Å²) in [5.74, 6) is -0.212. The van der Waals surface area contributed by atoms with E-state index in [4.69, 9.17) is 26.1 Å². The van der Waals surface area contributed by atoms with Crippen LogP contribution in [0.5, 0.6) is 6.01 Å². The molecule has 0 saturated carbocycles. The molecule has 214 valence electrons. The number of amides is 1. The van der Waals surface area contributed by atoms with Gasteiger partial charge in [-0.3, -0.25) is 4.90 Å². The molecule has 9 nitrogen and oxygen atoms in total. The molecule has 2 saturated heterocycles. The van der Waals surface area contributed by atoms with Crippen molar-refractivity contribution in [2.45, 2.75) is 96.2 Å². The van der Waals surface area contributed by atoms with Crippen molar-refractivity contribution in [3.8, 4) is 6.01 Å². The highest BCUT2D eigenvalue weighted by molar-refractivity contribution is 6.30. The zero-order valence-corrected chi connectivity index (χ0v) is 24.2. The van der Waals surface area contributed by atoms with Crippen LogP contribution in [0.1, 0.15) is 78.3 Å². The Kier molecular flexibility index (Phi) is 8.06. The Morgan fingerprint density at radius 3 is 2.64 bits per heavy atom. The van der Waals surface area contributed by atoms with Gasteiger partial charge in [-0.05, 0) is 85.2 Å². The molecule has 39 heavy (non-hydrogen) atoms. The van der Waals surface area contributed by atoms with Crippen LogP contribution in [-0.2, 0) is 11.2 Å². The van der Waals surface area contributed by atoms with Gasteiger partial charge < -0.3 is 19.7 Å². The standard InChI is InChI=1S/C28H40ClFN6O3/c1-5-13-35(26(37)39-27(2,3)4)16-18-9-6-10-19-20-22(21(30)23(29)32-19)33-25(34-24(20)31-18)38-17-28-11-7-14-36(28)15-8-12-28/h18H,5-17H2,1-4H3,(H,31,33,34). The average molecular weight is 563 g/mol. The van der Waals surface area contributed by atoms with Gasteiger partial charge in [0, 0.05) is 19.1 Å². The summed E-state index contributed by atoms with van der Waals surface area (Å²) in [7, 11) is 0. The van der Waals surface area contributed by atoms with Crippen LogP contribution < -0.4 is 10.1 Å². The van der Waals surface area contributed by atoms with Crippen molar-refractivity contribution >= 4 is 34.4 Å². The molecule has 2 aromatic rings. The third kappa shape index (κ3) is 6.01. The normalized spacial score (nSPS) is 20.7. The number of fused-ring (bicyclic) bond motifs is 1. The summed E-state index contributed by atoms with van der Waals surface area (Å²) >= 11 is 6.19. The summed E-state index contributed by atoms with van der Waals surface area (Å²) in [6, 6.07) is 0.00257. The number of anilines is 1. The van der Waals surface area contributed by atoms with Crippen LogP contribution in [0.3, 0.4) is 0 Å². The Bertz CT molecular complexity index is 1210. The molecule has 0 bridgehead atoms. The molecule has 0 aromatic carbocycles. The number of nitrogens with zero attached hydrogens (tertiary/aromatic N) is 5. The van der Waals surface area contributed by atoms with Crippen molar-refractivity contribution in [3.05, 3.63) is 16.7 Å². The Hall–Kier alpha value is -2.46. The molecule has 0 aliphatic carbocycles. The fraction of sp³-hybridized carbons (Fsp3) is 0.714. The van der Waals surface area contributed by atoms with Crippen molar-refractivity contribution < 1.29 is 18.7 Å². The molecule has 3 aliphatic heterocycles. The number of ether oxygens (including phenoxy) is 2. The highest BCUT2D eigenvalue weighted by Crippen LogP contribution is 2.39. The number of aromatic nitrogens is 3. The number of aryl methyl sites for hydroxylation is 1. The fourth-order valence-corrected chi connectivity index (χ4v) is 6.43. The van der Waals surface area contributed by atoms with Gasteiger partial charge in [0.15, 0.2) is 11.0 Å². The molecule has 1 amide bonds. The van der Waals surface area contributed by atoms with E-state index in [-0.39, 0.29) is 34.4 Å². The largest absolute Gasteiger partial charge is 0.461 e. The fourth-order valence-electron chi connectivity index (χ4n) is 6.24. The number of halogens is 2. The Morgan fingerprint density at radius 1 is 1.21 bits per heavy atom. The second kappa shape index (κ2) is 11.2. The lowest BCUT2D eigenvalue weighted by molar-refractivity contribution is 0.0240. The van der Waals surface area contributed by atoms with Crippen molar-refractivity contribution in [3.63, 3.8) is 0 Å². The minimum absolute atomic E-state index is 0.00749. The summed E-state index contributed by atoms with van der Waals surface area (Å²) in [4.78, 5) is 30.8. The smallest absolute Gasteiger partial charge is 0.410 e. The zero-order chi connectivity index (χ0) is 27.8. The van der Waals surface area contributed by atoms with Gasteiger partial charge in [-0.25, -0.2) is 14.2 Å². The Morgan fingerprint density at radius 2 is 1.95 bits per heavy atom. The lowest BCUT2D eigenvalue weighted by Gasteiger charge is -2.32. The number of nitrogens with one attached hydrogen (secondary N) is 1. The van der Waals surface area contributed by atoms with E-state index < -0.39 is 11.4 Å². The molecule has 3 aliphatic rings. The van der Waals surface area contributed by atoms with Crippen molar-refractivity contribution in [1.82, 2.24) is 24.8 Å². The van der Waals surface area contributed by atoms with Crippen molar-refractivity contribution in [1.29, 1.82) is 0 Å². The molecular formula is C28H40ClFN6O3. The van der Waals surface area contributed by atoms with Gasteiger partial charge in [-0.1, -0.05) is 18.5 Å². The Labute approximate surface area is 234 Å². The summed E-state index contributed by atoms with van der Waals surface area (Å²) in [6.45, 7) is 11.3. The van der Waals surface area contributed by atoms with Crippen molar-refractivity contribution in [2.24, 2.45) is 0 Å². The van der Waals surface area contributed by atoms with E-state index in [1.807, 2.05) is 27.7 Å². The first-order valence-corrected chi connectivity index (χ1v) is 14.6. The van der Waals surface area contributed by atoms with E-state index in [0.29, 0.717) is 43.0 Å². The minimum atomic E-state index is -0.675. The van der Waals surface area contributed by atoms with E-state index >= 15 is 4.39 Å². The molecule has 0 radical (unpaired) electrons. The second-order valence-corrected chi connectivity index (χ2v) is 12.5. The van der Waals surface area contributed by atoms with Crippen LogP contribution in [0.4, 0.5) is 15.0 Å². The summed E-state index contributed by atoms with van der Waals surface area (Å²) in [5.41, 5.74) is 0.200. The first-order valence-electron chi connectivity index (χ1n) is 14.3. The quantitative estimate of drug-likeness (QED) is 0.437. The highest BCUT2D eigenvalue weighted by Gasteiger charge is 2.45. The molecule has 11 heteroatoms. The number of rotatable bonds is 7. The Balaban J connectivity index is 1.44. The summed E-state index contributed by atoms with van der Waals surface area (Å²) in [6.07, 6.45) is 7.08. The number of pyridine rings is 1. The van der Waals surface area contributed by atoms with Gasteiger partial charge in [0.1, 0.15) is 23.5 Å². The second-order valence-electron chi connectivity index (χ2n) is 12.1. The van der Waals surface area contributed by atoms with Gasteiger partial charge in [0.05, 0.1) is 16.6 Å². The molecule has 2 aromatic heterocycles. The molecule has 5 heterocycles. The first kappa shape index (κ1) is 28.1. The molecular weight excluding hydrogens is 523 g/mol. The number of hydrogen-bond donors (Lipinski definition) is 1. The maximum atomic E-state index is 15.3. The predicted octanol–water partition coefficient (Wildman–Crippen LogP) is 5.59. The molecule has 1 atom stereocenters. The van der Waals surface area contributed by atoms with E-state index in [1.165, 1.54) is 0 Å². The number of carbonyl (C=O) groups excluding carboxylic acids is 1. The van der Waals surface area contributed by atoms with Gasteiger partial charge in [0.25, 0.3) is 0 Å². The summed E-state index contributed by atoms with van der Waals surface area (Å²) < 4.78 is 27.2. The lowest BCUT2D eigenvalue weighted by atomic mass is 9.95. The predicted molar refractivity (Wildman–Crippen MR) is 149 cm³/mol. The SMILES string of the molecule is CCCN(CC1CCCc2nc(Cl)c(F)c3nc(OCC45CCCN4CCC5)nc(c23)N1)C(=O)OC(C)(C)C. The van der Waals surface area contributed by atoms with Gasteiger partial charge in [-0.2, -0.15) is 9.97 Å². The van der Waals surface area contributed by atoms with Crippen LogP contribution in [0.25, 0.3) is 10.9 Å². The van der Waals surface area contributed by atoms with Gasteiger partial charge >= 0.3 is 12.1 Å². The zero-order valence-electron chi connectivity index (χ0n) is 23.5. The van der Waals surface area contributed by atoms with Crippen LogP contribution in [0, 0.1) is 5.82 Å². The van der Waals surface area contributed by atoms with E-state index in [1.54, 1.807) is 4.90 Å². The number of carbonyl (C=O) groups is 1. The average Bonchev–Trinajstić information content (AvgIpc) is 3.43. The topological polar surface area (TPSA) is 92.7 Å². The maximum Gasteiger partial charge on any atom is 0.410 e. The van der Waals surface area contributed by atoms with E-state index in [0.717, 1.165) is 58.0 Å². The third-order valence-corrected chi connectivity index (χ3v) is 8.22. The highest BCUT2D eigenvalue weighted by atomic mass is 35.5. The minimum Gasteiger partial charge on any atom is -0.461 e. The van der Waals surface area contributed by atoms with Crippen molar-refractivity contribution in [2.75, 3.05) is 38.1 Å². The molecule has 1 unspecified atom stereocenters. The maximum absolute atomic E-state index is 15.3.